The van der Waals surface area contributed by atoms with Crippen LogP contribution in [0.3, 0.4) is 0 Å². The highest BCUT2D eigenvalue weighted by Crippen LogP contribution is 2.68. The second kappa shape index (κ2) is 18.8. The first-order chi connectivity index (χ1) is 40.9. The number of benzene rings is 7. The van der Waals surface area contributed by atoms with Gasteiger partial charge in [0.1, 0.15) is 35.4 Å². The predicted octanol–water partition coefficient (Wildman–Crippen LogP) is 18.4. The number of ketones is 2. The minimum atomic E-state index is -0.834. The molecule has 0 bridgehead atoms. The van der Waals surface area contributed by atoms with Gasteiger partial charge in [-0.25, -0.2) is 0 Å². The molecular formula is C74H42N4O2S4. The second-order valence-electron chi connectivity index (χ2n) is 22.0. The molecule has 0 saturated carbocycles. The minimum absolute atomic E-state index is 0.0877. The Morgan fingerprint density at radius 3 is 1.25 bits per heavy atom. The number of rotatable bonds is 6. The van der Waals surface area contributed by atoms with Gasteiger partial charge in [0, 0.05) is 63.2 Å². The van der Waals surface area contributed by atoms with E-state index < -0.39 is 10.8 Å². The van der Waals surface area contributed by atoms with E-state index in [1.54, 1.807) is 52.2 Å². The third kappa shape index (κ3) is 7.01. The van der Waals surface area contributed by atoms with Crippen molar-refractivity contribution in [1.82, 2.24) is 0 Å². The molecule has 0 atom stereocenters. The summed E-state index contributed by atoms with van der Waals surface area (Å²) in [5.74, 6) is -0.420. The molecule has 0 aliphatic heterocycles. The fourth-order valence-corrected chi connectivity index (χ4v) is 19.1. The van der Waals surface area contributed by atoms with Gasteiger partial charge in [0.2, 0.25) is 0 Å². The molecule has 84 heavy (non-hydrogen) atoms. The van der Waals surface area contributed by atoms with E-state index >= 15 is 0 Å². The zero-order valence-corrected chi connectivity index (χ0v) is 48.8. The Balaban J connectivity index is 1.02. The van der Waals surface area contributed by atoms with Gasteiger partial charge in [0.05, 0.1) is 24.9 Å². The monoisotopic (exact) mass is 1150 g/mol. The number of hydrogen-bond donors (Lipinski definition) is 0. The first-order valence-electron chi connectivity index (χ1n) is 27.3. The Morgan fingerprint density at radius 1 is 0.393 bits per heavy atom. The van der Waals surface area contributed by atoms with Crippen LogP contribution in [0.1, 0.15) is 108 Å². The molecule has 0 spiro atoms. The lowest BCUT2D eigenvalue weighted by Crippen LogP contribution is -2.30. The largest absolute Gasteiger partial charge is 0.289 e. The predicted molar refractivity (Wildman–Crippen MR) is 340 cm³/mol. The van der Waals surface area contributed by atoms with Crippen LogP contribution in [0.2, 0.25) is 0 Å². The van der Waals surface area contributed by atoms with E-state index in [1.165, 1.54) is 25.4 Å². The van der Waals surface area contributed by atoms with Crippen molar-refractivity contribution in [3.63, 3.8) is 0 Å². The molecule has 0 saturated heterocycles. The third-order valence-corrected chi connectivity index (χ3v) is 22.4. The van der Waals surface area contributed by atoms with Crippen LogP contribution in [0, 0.1) is 73.0 Å². The molecule has 0 radical (unpaired) electrons. The lowest BCUT2D eigenvalue weighted by molar-refractivity contribution is 0.103. The number of Topliss-reactive ketones (excluding diaryl/α,β-unsaturated/α-hetero) is 2. The average molecular weight is 1150 g/mol. The van der Waals surface area contributed by atoms with Crippen molar-refractivity contribution in [3.8, 4) is 45.2 Å². The SMILES string of the molecule is Cc1ccc(C2(c3ccc(C)cc3)c3cc4c(cc3-c3sc(C=C5C(=O)c6ccccc6C5=C(C#N)C#N)cc32)C(c2ccc(C)cc2)(c2ccc(C)cc2)c2c-4sc3c2sc2cc(C=C4C(=O)c5ccccc5C4=C(C#N)C#N)sc23)cc1. The van der Waals surface area contributed by atoms with E-state index in [-0.39, 0.29) is 22.7 Å². The number of allylic oxidation sites excluding steroid dienone is 6. The number of nitrogens with zero attached hydrogens (tertiary/aromatic N) is 4. The zero-order chi connectivity index (χ0) is 57.5. The molecule has 0 fully saturated rings. The lowest BCUT2D eigenvalue weighted by Gasteiger charge is -2.35. The van der Waals surface area contributed by atoms with Crippen LogP contribution in [0.25, 0.3) is 63.0 Å². The van der Waals surface area contributed by atoms with Gasteiger partial charge in [0.15, 0.2) is 11.6 Å². The van der Waals surface area contributed by atoms with Gasteiger partial charge < -0.3 is 0 Å². The molecule has 10 heteroatoms. The number of thiophene rings is 4. The van der Waals surface area contributed by atoms with Crippen LogP contribution >= 0.6 is 45.3 Å². The van der Waals surface area contributed by atoms with Crippen LogP contribution in [0.4, 0.5) is 0 Å². The van der Waals surface area contributed by atoms with Gasteiger partial charge in [-0.1, -0.05) is 168 Å². The Hall–Kier alpha value is -9.88. The van der Waals surface area contributed by atoms with Gasteiger partial charge in [-0.15, -0.1) is 45.3 Å². The first-order valence-corrected chi connectivity index (χ1v) is 30.6. The van der Waals surface area contributed by atoms with E-state index in [0.29, 0.717) is 44.5 Å². The highest BCUT2D eigenvalue weighted by molar-refractivity contribution is 7.39. The van der Waals surface area contributed by atoms with E-state index in [9.17, 15) is 30.6 Å². The summed E-state index contributed by atoms with van der Waals surface area (Å²) in [6, 6.07) is 68.0. The van der Waals surface area contributed by atoms with Crippen molar-refractivity contribution in [2.75, 3.05) is 0 Å². The van der Waals surface area contributed by atoms with Crippen LogP contribution in [0.15, 0.2) is 192 Å². The highest BCUT2D eigenvalue weighted by atomic mass is 32.1. The van der Waals surface area contributed by atoms with Crippen molar-refractivity contribution in [2.24, 2.45) is 0 Å². The number of carbonyl (C=O) groups is 2. The number of nitriles is 4. The summed E-state index contributed by atoms with van der Waals surface area (Å²) >= 11 is 6.86. The normalized spacial score (nSPS) is 15.6. The average Bonchev–Trinajstić information content (AvgIpc) is 1.55. The summed E-state index contributed by atoms with van der Waals surface area (Å²) in [5, 5.41) is 40.9. The fraction of sp³-hybridized carbons (Fsp3) is 0.0811. The molecule has 0 unspecified atom stereocenters. The lowest BCUT2D eigenvalue weighted by atomic mass is 9.65. The van der Waals surface area contributed by atoms with Crippen molar-refractivity contribution in [2.45, 2.75) is 38.5 Å². The van der Waals surface area contributed by atoms with E-state index in [1.807, 2.05) is 53.8 Å². The molecule has 4 aliphatic carbocycles. The van der Waals surface area contributed by atoms with E-state index in [2.05, 4.69) is 173 Å². The molecule has 0 amide bonds. The summed E-state index contributed by atoms with van der Waals surface area (Å²) in [6.07, 6.45) is 3.76. The molecule has 15 rings (SSSR count). The standard InChI is InChI=1S/C74H42N4O2S4/c1-39-13-21-45(22-14-39)73(46-23-15-40(2)16-24-46)59-34-56-60(33-55(59)68-61(73)31-49(81-68)29-57-63(43(35-75)36-76)51-9-5-7-11-53(51)66(57)79)74(47-25-17-41(3)18-26-47,48-27-19-42(4)20-28-48)65-69(56)84-72-70-62(83-71(65)72)32-50(82-70)30-58-64(44(37-77)38-78)52-10-6-8-12-54(52)67(58)80/h5-34H,1-4H3. The Labute approximate surface area is 500 Å². The highest BCUT2D eigenvalue weighted by Gasteiger charge is 2.54. The maximum atomic E-state index is 14.5. The van der Waals surface area contributed by atoms with Crippen LogP contribution in [0.5, 0.6) is 0 Å². The van der Waals surface area contributed by atoms with Crippen LogP contribution in [-0.2, 0) is 10.8 Å². The maximum Gasteiger partial charge on any atom is 0.194 e. The third-order valence-electron chi connectivity index (χ3n) is 17.4. The van der Waals surface area contributed by atoms with Gasteiger partial charge >= 0.3 is 0 Å². The minimum Gasteiger partial charge on any atom is -0.289 e. The zero-order valence-electron chi connectivity index (χ0n) is 45.6. The molecular weight excluding hydrogens is 1110 g/mol. The Morgan fingerprint density at radius 2 is 0.798 bits per heavy atom. The number of aryl methyl sites for hydroxylation is 4. The van der Waals surface area contributed by atoms with Crippen molar-refractivity contribution >= 4 is 99.0 Å². The summed E-state index contributed by atoms with van der Waals surface area (Å²) in [6.45, 7) is 8.48. The molecule has 4 aromatic heterocycles. The van der Waals surface area contributed by atoms with Crippen LogP contribution in [-0.4, -0.2) is 11.6 Å². The Kier molecular flexibility index (Phi) is 11.4. The number of hydrogen-bond acceptors (Lipinski definition) is 10. The van der Waals surface area contributed by atoms with Crippen molar-refractivity contribution in [3.05, 3.63) is 291 Å². The maximum absolute atomic E-state index is 14.5. The topological polar surface area (TPSA) is 129 Å². The number of fused-ring (bicyclic) bond motifs is 12. The van der Waals surface area contributed by atoms with E-state index in [4.69, 9.17) is 0 Å². The molecule has 394 valence electrons. The molecule has 4 heterocycles. The number of carbonyl (C=O) groups excluding carboxylic acids is 2. The molecule has 11 aromatic rings. The van der Waals surface area contributed by atoms with Gasteiger partial charge in [-0.05, 0) is 125 Å². The van der Waals surface area contributed by atoms with Crippen molar-refractivity contribution in [1.29, 1.82) is 21.0 Å². The molecule has 6 nitrogen and oxygen atoms in total. The summed E-state index contributed by atoms with van der Waals surface area (Å²) in [7, 11) is 0. The Bertz CT molecular complexity index is 4990. The quantitative estimate of drug-likeness (QED) is 0.120. The second-order valence-corrected chi connectivity index (χ2v) is 26.3. The van der Waals surface area contributed by atoms with Crippen molar-refractivity contribution < 1.29 is 9.59 Å². The summed E-state index contributed by atoms with van der Waals surface area (Å²) in [5.41, 5.74) is 17.7. The van der Waals surface area contributed by atoms with Gasteiger partial charge in [0.25, 0.3) is 0 Å². The van der Waals surface area contributed by atoms with Gasteiger partial charge in [-0.2, -0.15) is 21.0 Å². The smallest absolute Gasteiger partial charge is 0.194 e. The first kappa shape index (κ1) is 51.0. The molecule has 7 aromatic carbocycles. The summed E-state index contributed by atoms with van der Waals surface area (Å²) in [4.78, 5) is 32.6. The fourth-order valence-electron chi connectivity index (χ4n) is 13.6. The summed E-state index contributed by atoms with van der Waals surface area (Å²) < 4.78 is 4.58. The van der Waals surface area contributed by atoms with Gasteiger partial charge in [-0.3, -0.25) is 9.59 Å². The van der Waals surface area contributed by atoms with Crippen LogP contribution < -0.4 is 0 Å². The molecule has 4 aliphatic rings. The van der Waals surface area contributed by atoms with E-state index in [0.717, 1.165) is 90.8 Å². The molecule has 0 N–H and O–H groups in total.